The molecule has 1 heterocycles. The summed E-state index contributed by atoms with van der Waals surface area (Å²) < 4.78 is 0. The molecular weight excluding hydrogens is 332 g/mol. The second-order valence-corrected chi connectivity index (χ2v) is 8.32. The summed E-state index contributed by atoms with van der Waals surface area (Å²) in [6, 6.07) is 8.97. The molecular formula is C22H19ClS. The molecule has 0 radical (unpaired) electrons. The Bertz CT molecular complexity index is 946. The van der Waals surface area contributed by atoms with Gasteiger partial charge in [-0.3, -0.25) is 0 Å². The first kappa shape index (κ1) is 14.9. The van der Waals surface area contributed by atoms with Crippen molar-refractivity contribution in [2.75, 3.05) is 5.75 Å². The van der Waals surface area contributed by atoms with Crippen molar-refractivity contribution in [3.63, 3.8) is 0 Å². The van der Waals surface area contributed by atoms with Crippen molar-refractivity contribution in [3.8, 4) is 0 Å². The van der Waals surface area contributed by atoms with E-state index < -0.39 is 0 Å². The van der Waals surface area contributed by atoms with Gasteiger partial charge in [0.25, 0.3) is 0 Å². The zero-order chi connectivity index (χ0) is 16.1. The standard InChI is InChI=1S/C22H19ClS/c23-20-12-11-18-17-8-7-14-4-1-2-5-15(14)16(17)9-10-19(18)22(20)21-6-3-13-24-21/h2,5-6,9-12H,1,3-4,7-8,13H2. The van der Waals surface area contributed by atoms with Crippen molar-refractivity contribution in [2.24, 2.45) is 0 Å². The van der Waals surface area contributed by atoms with E-state index in [4.69, 9.17) is 11.6 Å². The molecule has 24 heavy (non-hydrogen) atoms. The van der Waals surface area contributed by atoms with Gasteiger partial charge in [-0.2, -0.15) is 0 Å². The Hall–Kier alpha value is -1.44. The summed E-state index contributed by atoms with van der Waals surface area (Å²) in [6.07, 6.45) is 13.0. The molecule has 2 aromatic rings. The van der Waals surface area contributed by atoms with E-state index in [-0.39, 0.29) is 0 Å². The summed E-state index contributed by atoms with van der Waals surface area (Å²) in [4.78, 5) is 1.36. The number of thioether (sulfide) groups is 1. The van der Waals surface area contributed by atoms with Crippen LogP contribution in [0.1, 0.15) is 42.4 Å². The first-order valence-electron chi connectivity index (χ1n) is 8.79. The number of benzene rings is 2. The molecule has 0 aromatic heterocycles. The molecule has 0 unspecified atom stereocenters. The summed E-state index contributed by atoms with van der Waals surface area (Å²) in [5, 5.41) is 3.60. The minimum Gasteiger partial charge on any atom is -0.125 e. The van der Waals surface area contributed by atoms with Crippen molar-refractivity contribution in [1.29, 1.82) is 0 Å². The molecule has 0 spiro atoms. The average Bonchev–Trinajstić information content (AvgIpc) is 3.15. The normalized spacial score (nSPS) is 19.5. The molecule has 1 aliphatic heterocycles. The van der Waals surface area contributed by atoms with Crippen LogP contribution in [0.15, 0.2) is 48.1 Å². The van der Waals surface area contributed by atoms with Gasteiger partial charge in [-0.25, -0.2) is 0 Å². The Labute approximate surface area is 152 Å². The van der Waals surface area contributed by atoms with Crippen LogP contribution < -0.4 is 0 Å². The Morgan fingerprint density at radius 2 is 1.83 bits per heavy atom. The largest absolute Gasteiger partial charge is 0.125 e. The van der Waals surface area contributed by atoms with Crippen LogP contribution in [0.25, 0.3) is 21.3 Å². The van der Waals surface area contributed by atoms with Gasteiger partial charge in [-0.1, -0.05) is 53.6 Å². The van der Waals surface area contributed by atoms with Gasteiger partial charge in [0.1, 0.15) is 0 Å². The maximum atomic E-state index is 6.60. The van der Waals surface area contributed by atoms with E-state index in [2.05, 4.69) is 42.5 Å². The Balaban J connectivity index is 1.77. The zero-order valence-electron chi connectivity index (χ0n) is 13.6. The maximum Gasteiger partial charge on any atom is 0.0495 e. The number of halogens is 1. The third-order valence-corrected chi connectivity index (χ3v) is 6.89. The molecule has 3 aliphatic rings. The van der Waals surface area contributed by atoms with E-state index in [1.165, 1.54) is 63.0 Å². The monoisotopic (exact) mass is 350 g/mol. The second kappa shape index (κ2) is 5.82. The molecule has 2 aliphatic carbocycles. The third kappa shape index (κ3) is 2.22. The average molecular weight is 351 g/mol. The first-order chi connectivity index (χ1) is 11.8. The van der Waals surface area contributed by atoms with E-state index in [0.29, 0.717) is 0 Å². The van der Waals surface area contributed by atoms with Gasteiger partial charge < -0.3 is 0 Å². The molecule has 0 saturated carbocycles. The highest BCUT2D eigenvalue weighted by atomic mass is 35.5. The van der Waals surface area contributed by atoms with Gasteiger partial charge in [-0.15, -0.1) is 11.8 Å². The summed E-state index contributed by atoms with van der Waals surface area (Å²) in [6.45, 7) is 0. The number of rotatable bonds is 1. The summed E-state index contributed by atoms with van der Waals surface area (Å²) in [7, 11) is 0. The lowest BCUT2D eigenvalue weighted by molar-refractivity contribution is 0.831. The number of fused-ring (bicyclic) bond motifs is 4. The Morgan fingerprint density at radius 1 is 0.917 bits per heavy atom. The van der Waals surface area contributed by atoms with E-state index in [9.17, 15) is 0 Å². The van der Waals surface area contributed by atoms with E-state index in [1.807, 2.05) is 11.8 Å². The fraction of sp³-hybridized carbons (Fsp3) is 0.273. The minimum absolute atomic E-state index is 0.886. The van der Waals surface area contributed by atoms with Crippen LogP contribution in [-0.2, 0) is 6.42 Å². The fourth-order valence-corrected chi connectivity index (χ4v) is 5.71. The summed E-state index contributed by atoms with van der Waals surface area (Å²) >= 11 is 8.54. The lowest BCUT2D eigenvalue weighted by atomic mass is 9.79. The SMILES string of the molecule is Clc1ccc2c3c(ccc2c1C1=CCCS1)C1=C(CCC=C1)CC3. The molecule has 0 atom stereocenters. The molecule has 0 nitrogen and oxygen atoms in total. The minimum atomic E-state index is 0.886. The van der Waals surface area contributed by atoms with Crippen LogP contribution in [-0.4, -0.2) is 5.75 Å². The number of hydrogen-bond acceptors (Lipinski definition) is 1. The van der Waals surface area contributed by atoms with Crippen molar-refractivity contribution in [1.82, 2.24) is 0 Å². The molecule has 0 N–H and O–H groups in total. The van der Waals surface area contributed by atoms with Gasteiger partial charge in [-0.05, 0) is 65.6 Å². The molecule has 0 fully saturated rings. The smallest absolute Gasteiger partial charge is 0.0495 e. The predicted octanol–water partition coefficient (Wildman–Crippen LogP) is 7.02. The fourth-order valence-electron chi connectivity index (χ4n) is 4.33. The molecule has 120 valence electrons. The molecule has 0 amide bonds. The van der Waals surface area contributed by atoms with Gasteiger partial charge in [0.15, 0.2) is 0 Å². The quantitative estimate of drug-likeness (QED) is 0.532. The van der Waals surface area contributed by atoms with Crippen molar-refractivity contribution in [3.05, 3.63) is 69.8 Å². The van der Waals surface area contributed by atoms with Gasteiger partial charge >= 0.3 is 0 Å². The van der Waals surface area contributed by atoms with Crippen LogP contribution >= 0.6 is 23.4 Å². The lowest BCUT2D eigenvalue weighted by Gasteiger charge is -2.26. The Morgan fingerprint density at radius 3 is 2.71 bits per heavy atom. The summed E-state index contributed by atoms with van der Waals surface area (Å²) in [5.74, 6) is 1.17. The van der Waals surface area contributed by atoms with E-state index in [1.54, 1.807) is 5.57 Å². The highest BCUT2D eigenvalue weighted by Gasteiger charge is 2.22. The van der Waals surface area contributed by atoms with Crippen LogP contribution in [0, 0.1) is 0 Å². The van der Waals surface area contributed by atoms with Crippen LogP contribution in [0.3, 0.4) is 0 Å². The summed E-state index contributed by atoms with van der Waals surface area (Å²) in [5.41, 5.74) is 7.33. The third-order valence-electron chi connectivity index (χ3n) is 5.46. The lowest BCUT2D eigenvalue weighted by Crippen LogP contribution is -2.07. The van der Waals surface area contributed by atoms with Crippen LogP contribution in [0.2, 0.25) is 5.02 Å². The van der Waals surface area contributed by atoms with Crippen LogP contribution in [0.5, 0.6) is 0 Å². The molecule has 5 rings (SSSR count). The van der Waals surface area contributed by atoms with Gasteiger partial charge in [0.05, 0.1) is 0 Å². The van der Waals surface area contributed by atoms with Crippen LogP contribution in [0.4, 0.5) is 0 Å². The molecule has 0 saturated heterocycles. The maximum absolute atomic E-state index is 6.60. The van der Waals surface area contributed by atoms with Crippen molar-refractivity contribution >= 4 is 44.6 Å². The van der Waals surface area contributed by atoms with E-state index in [0.717, 1.165) is 17.9 Å². The zero-order valence-corrected chi connectivity index (χ0v) is 15.1. The topological polar surface area (TPSA) is 0 Å². The Kier molecular flexibility index (Phi) is 3.61. The van der Waals surface area contributed by atoms with Crippen molar-refractivity contribution in [2.45, 2.75) is 32.1 Å². The molecule has 2 heteroatoms. The highest BCUT2D eigenvalue weighted by Crippen LogP contribution is 2.45. The second-order valence-electron chi connectivity index (χ2n) is 6.77. The number of hydrogen-bond donors (Lipinski definition) is 0. The van der Waals surface area contributed by atoms with Gasteiger partial charge in [0.2, 0.25) is 0 Å². The highest BCUT2D eigenvalue weighted by molar-refractivity contribution is 8.08. The van der Waals surface area contributed by atoms with E-state index >= 15 is 0 Å². The van der Waals surface area contributed by atoms with Crippen molar-refractivity contribution < 1.29 is 0 Å². The van der Waals surface area contributed by atoms with Gasteiger partial charge in [0, 0.05) is 21.2 Å². The predicted molar refractivity (Wildman–Crippen MR) is 108 cm³/mol. The first-order valence-corrected chi connectivity index (χ1v) is 10.2. The number of aryl methyl sites for hydroxylation is 1. The molecule has 0 bridgehead atoms. The number of allylic oxidation sites excluding steroid dienone is 5. The molecule has 2 aromatic carbocycles.